The van der Waals surface area contributed by atoms with Crippen LogP contribution in [0.1, 0.15) is 20.3 Å². The van der Waals surface area contributed by atoms with Crippen LogP contribution in [0.2, 0.25) is 10.0 Å². The van der Waals surface area contributed by atoms with Gasteiger partial charge in [0.1, 0.15) is 6.10 Å². The molecule has 2 atom stereocenters. The molecular formula is C12H14Cl2N2O3. The van der Waals surface area contributed by atoms with Gasteiger partial charge in [-0.15, -0.1) is 0 Å². The number of nitrogens with two attached hydrogens (primary N) is 1. The zero-order chi connectivity index (χ0) is 14.4. The second kappa shape index (κ2) is 4.81. The maximum atomic E-state index is 10.7. The first-order chi connectivity index (χ1) is 8.73. The molecule has 0 bridgehead atoms. The van der Waals surface area contributed by atoms with Crippen LogP contribution in [0.3, 0.4) is 0 Å². The standard InChI is InChI=1S/C12H14Cl2N2O3/c1-12(2)9(15)5-10(12)19-11-7(13)3-6(16(17)18)4-8(11)14/h3-4,9-10H,5,15H2,1-2H3. The minimum absolute atomic E-state index is 0.0631. The highest BCUT2D eigenvalue weighted by molar-refractivity contribution is 6.37. The fourth-order valence-corrected chi connectivity index (χ4v) is 2.59. The van der Waals surface area contributed by atoms with Gasteiger partial charge in [0.2, 0.25) is 0 Å². The molecule has 19 heavy (non-hydrogen) atoms. The number of ether oxygens (including phenoxy) is 1. The van der Waals surface area contributed by atoms with Crippen molar-refractivity contribution < 1.29 is 9.66 Å². The van der Waals surface area contributed by atoms with Crippen molar-refractivity contribution in [3.63, 3.8) is 0 Å². The van der Waals surface area contributed by atoms with Gasteiger partial charge in [0.25, 0.3) is 5.69 Å². The highest BCUT2D eigenvalue weighted by Gasteiger charge is 2.48. The number of non-ortho nitro benzene ring substituents is 1. The number of nitro benzene ring substituents is 1. The van der Waals surface area contributed by atoms with Gasteiger partial charge in [-0.05, 0) is 0 Å². The van der Waals surface area contributed by atoms with E-state index in [9.17, 15) is 10.1 Å². The second-order valence-electron chi connectivity index (χ2n) is 5.27. The maximum absolute atomic E-state index is 10.7. The lowest BCUT2D eigenvalue weighted by atomic mass is 9.65. The molecule has 1 aromatic rings. The minimum Gasteiger partial charge on any atom is -0.487 e. The van der Waals surface area contributed by atoms with Gasteiger partial charge in [-0.1, -0.05) is 37.0 Å². The molecule has 2 N–H and O–H groups in total. The van der Waals surface area contributed by atoms with Crippen LogP contribution < -0.4 is 10.5 Å². The molecule has 0 radical (unpaired) electrons. The van der Waals surface area contributed by atoms with E-state index in [4.69, 9.17) is 33.7 Å². The van der Waals surface area contributed by atoms with Crippen LogP contribution >= 0.6 is 23.2 Å². The number of hydrogen-bond donors (Lipinski definition) is 1. The van der Waals surface area contributed by atoms with Gasteiger partial charge in [-0.3, -0.25) is 10.1 Å². The molecule has 5 nitrogen and oxygen atoms in total. The summed E-state index contributed by atoms with van der Waals surface area (Å²) < 4.78 is 5.77. The number of hydrogen-bond acceptors (Lipinski definition) is 4. The molecule has 104 valence electrons. The fraction of sp³-hybridized carbons (Fsp3) is 0.500. The lowest BCUT2D eigenvalue weighted by Gasteiger charge is -2.49. The Morgan fingerprint density at radius 3 is 2.32 bits per heavy atom. The molecule has 0 saturated heterocycles. The number of benzene rings is 1. The second-order valence-corrected chi connectivity index (χ2v) is 6.08. The predicted molar refractivity (Wildman–Crippen MR) is 73.9 cm³/mol. The minimum atomic E-state index is -0.551. The summed E-state index contributed by atoms with van der Waals surface area (Å²) in [6, 6.07) is 2.52. The molecule has 2 rings (SSSR count). The summed E-state index contributed by atoms with van der Waals surface area (Å²) in [6.07, 6.45) is 0.607. The van der Waals surface area contributed by atoms with Crippen LogP contribution in [0.4, 0.5) is 5.69 Å². The van der Waals surface area contributed by atoms with E-state index in [2.05, 4.69) is 0 Å². The first-order valence-corrected chi connectivity index (χ1v) is 6.54. The van der Waals surface area contributed by atoms with E-state index in [1.54, 1.807) is 0 Å². The summed E-state index contributed by atoms with van der Waals surface area (Å²) in [5.74, 6) is 0.277. The zero-order valence-corrected chi connectivity index (χ0v) is 12.0. The lowest BCUT2D eigenvalue weighted by molar-refractivity contribution is -0.384. The lowest BCUT2D eigenvalue weighted by Crippen LogP contribution is -2.60. The molecule has 2 unspecified atom stereocenters. The molecule has 0 aliphatic heterocycles. The monoisotopic (exact) mass is 304 g/mol. The normalized spacial score (nSPS) is 24.7. The molecule has 7 heteroatoms. The Balaban J connectivity index is 2.25. The van der Waals surface area contributed by atoms with E-state index < -0.39 is 4.92 Å². The van der Waals surface area contributed by atoms with Crippen LogP contribution in [0.15, 0.2) is 12.1 Å². The Bertz CT molecular complexity index is 511. The summed E-state index contributed by atoms with van der Waals surface area (Å²) >= 11 is 12.0. The van der Waals surface area contributed by atoms with Crippen molar-refractivity contribution in [3.8, 4) is 5.75 Å². The number of nitrogens with zero attached hydrogens (tertiary/aromatic N) is 1. The Labute approximate surface area is 120 Å². The molecule has 0 amide bonds. The largest absolute Gasteiger partial charge is 0.487 e. The zero-order valence-electron chi connectivity index (χ0n) is 10.5. The smallest absolute Gasteiger partial charge is 0.272 e. The molecule has 1 aliphatic rings. The summed E-state index contributed by atoms with van der Waals surface area (Å²) in [5.41, 5.74) is 5.57. The van der Waals surface area contributed by atoms with Crippen molar-refractivity contribution >= 4 is 28.9 Å². The fourth-order valence-electron chi connectivity index (χ4n) is 2.02. The molecule has 1 aromatic carbocycles. The van der Waals surface area contributed by atoms with Crippen LogP contribution in [0, 0.1) is 15.5 Å². The van der Waals surface area contributed by atoms with Gasteiger partial charge in [0.05, 0.1) is 15.0 Å². The number of rotatable bonds is 3. The average molecular weight is 305 g/mol. The van der Waals surface area contributed by atoms with Crippen LogP contribution in [0.25, 0.3) is 0 Å². The third kappa shape index (κ3) is 2.50. The SMILES string of the molecule is CC1(C)C(N)CC1Oc1c(Cl)cc([N+](=O)[O-])cc1Cl. The van der Waals surface area contributed by atoms with E-state index in [0.29, 0.717) is 6.42 Å². The van der Waals surface area contributed by atoms with E-state index in [-0.39, 0.29) is 39.0 Å². The van der Waals surface area contributed by atoms with Crippen LogP contribution in [0.5, 0.6) is 5.75 Å². The molecule has 0 spiro atoms. The molecule has 0 aromatic heterocycles. The highest BCUT2D eigenvalue weighted by atomic mass is 35.5. The van der Waals surface area contributed by atoms with Gasteiger partial charge in [0.15, 0.2) is 5.75 Å². The number of halogens is 2. The summed E-state index contributed by atoms with van der Waals surface area (Å²) in [7, 11) is 0. The third-order valence-corrected chi connectivity index (χ3v) is 4.27. The molecule has 1 saturated carbocycles. The van der Waals surface area contributed by atoms with Crippen molar-refractivity contribution in [3.05, 3.63) is 32.3 Å². The average Bonchev–Trinajstić information content (AvgIpc) is 2.31. The Hall–Kier alpha value is -1.04. The Morgan fingerprint density at radius 1 is 1.42 bits per heavy atom. The first kappa shape index (κ1) is 14.4. The first-order valence-electron chi connectivity index (χ1n) is 5.79. The van der Waals surface area contributed by atoms with Gasteiger partial charge in [0, 0.05) is 30.0 Å². The Kier molecular flexibility index (Phi) is 3.64. The van der Waals surface area contributed by atoms with Crippen molar-refractivity contribution in [2.24, 2.45) is 11.1 Å². The van der Waals surface area contributed by atoms with Gasteiger partial charge in [-0.2, -0.15) is 0 Å². The van der Waals surface area contributed by atoms with Gasteiger partial charge in [-0.25, -0.2) is 0 Å². The van der Waals surface area contributed by atoms with E-state index in [1.165, 1.54) is 12.1 Å². The molecular weight excluding hydrogens is 291 g/mol. The van der Waals surface area contributed by atoms with Crippen LogP contribution in [-0.2, 0) is 0 Å². The molecule has 1 aliphatic carbocycles. The van der Waals surface area contributed by atoms with Crippen molar-refractivity contribution in [2.75, 3.05) is 0 Å². The summed E-state index contributed by atoms with van der Waals surface area (Å²) in [6.45, 7) is 4.00. The molecule has 1 fully saturated rings. The summed E-state index contributed by atoms with van der Waals surface area (Å²) in [5, 5.41) is 11.0. The van der Waals surface area contributed by atoms with Crippen molar-refractivity contribution in [2.45, 2.75) is 32.4 Å². The van der Waals surface area contributed by atoms with Crippen LogP contribution in [-0.4, -0.2) is 17.1 Å². The van der Waals surface area contributed by atoms with E-state index in [1.807, 2.05) is 13.8 Å². The van der Waals surface area contributed by atoms with E-state index in [0.717, 1.165) is 0 Å². The van der Waals surface area contributed by atoms with Gasteiger partial charge < -0.3 is 10.5 Å². The predicted octanol–water partition coefficient (Wildman–Crippen LogP) is 3.41. The quantitative estimate of drug-likeness (QED) is 0.685. The summed E-state index contributed by atoms with van der Waals surface area (Å²) in [4.78, 5) is 10.1. The third-order valence-electron chi connectivity index (χ3n) is 3.71. The van der Waals surface area contributed by atoms with E-state index >= 15 is 0 Å². The van der Waals surface area contributed by atoms with Crippen molar-refractivity contribution in [1.29, 1.82) is 0 Å². The topological polar surface area (TPSA) is 78.4 Å². The van der Waals surface area contributed by atoms with Gasteiger partial charge >= 0.3 is 0 Å². The number of nitro groups is 1. The maximum Gasteiger partial charge on any atom is 0.272 e. The van der Waals surface area contributed by atoms with Crippen molar-refractivity contribution in [1.82, 2.24) is 0 Å². The Morgan fingerprint density at radius 2 is 1.95 bits per heavy atom. The highest BCUT2D eigenvalue weighted by Crippen LogP contribution is 2.45. The molecule has 0 heterocycles.